The maximum absolute atomic E-state index is 13.9. The van der Waals surface area contributed by atoms with Crippen LogP contribution in [0.4, 0.5) is 4.39 Å². The standard InChI is InChI=1S/C17H12FN3O/c1-11-3-2-4-14-16(11)20-10-21(17(14)22)9-13-6-5-12(8-19)7-15(13)18/h2-7,10H,9H2,1H3. The van der Waals surface area contributed by atoms with Crippen LogP contribution >= 0.6 is 0 Å². The van der Waals surface area contributed by atoms with E-state index in [0.717, 1.165) is 5.56 Å². The second-order valence-corrected chi connectivity index (χ2v) is 5.07. The van der Waals surface area contributed by atoms with Gasteiger partial charge in [-0.25, -0.2) is 9.37 Å². The lowest BCUT2D eigenvalue weighted by atomic mass is 10.1. The summed E-state index contributed by atoms with van der Waals surface area (Å²) in [6.45, 7) is 1.96. The minimum atomic E-state index is -0.504. The van der Waals surface area contributed by atoms with Crippen LogP contribution in [0.5, 0.6) is 0 Å². The lowest BCUT2D eigenvalue weighted by Crippen LogP contribution is -2.21. The second-order valence-electron chi connectivity index (χ2n) is 5.07. The molecule has 0 spiro atoms. The number of halogens is 1. The summed E-state index contributed by atoms with van der Waals surface area (Å²) in [7, 11) is 0. The first-order valence-electron chi connectivity index (χ1n) is 6.73. The van der Waals surface area contributed by atoms with Crippen LogP contribution in [0.1, 0.15) is 16.7 Å². The number of aryl methyl sites for hydroxylation is 1. The van der Waals surface area contributed by atoms with E-state index in [4.69, 9.17) is 5.26 Å². The molecule has 2 aromatic carbocycles. The fraction of sp³-hybridized carbons (Fsp3) is 0.118. The molecular formula is C17H12FN3O. The van der Waals surface area contributed by atoms with Crippen LogP contribution in [-0.2, 0) is 6.54 Å². The molecule has 0 fully saturated rings. The summed E-state index contributed by atoms with van der Waals surface area (Å²) in [6.07, 6.45) is 1.43. The van der Waals surface area contributed by atoms with Crippen molar-refractivity contribution < 1.29 is 4.39 Å². The number of rotatable bonds is 2. The van der Waals surface area contributed by atoms with E-state index in [0.29, 0.717) is 16.5 Å². The number of aromatic nitrogens is 2. The van der Waals surface area contributed by atoms with Crippen molar-refractivity contribution in [1.82, 2.24) is 9.55 Å². The van der Waals surface area contributed by atoms with Crippen LogP contribution in [0.2, 0.25) is 0 Å². The van der Waals surface area contributed by atoms with E-state index < -0.39 is 5.82 Å². The molecule has 0 saturated carbocycles. The van der Waals surface area contributed by atoms with Crippen molar-refractivity contribution in [2.45, 2.75) is 13.5 Å². The van der Waals surface area contributed by atoms with Gasteiger partial charge in [-0.1, -0.05) is 18.2 Å². The molecule has 108 valence electrons. The fourth-order valence-electron chi connectivity index (χ4n) is 2.38. The minimum absolute atomic E-state index is 0.0766. The van der Waals surface area contributed by atoms with Crippen LogP contribution in [0.3, 0.4) is 0 Å². The van der Waals surface area contributed by atoms with E-state index in [-0.39, 0.29) is 17.7 Å². The molecule has 1 heterocycles. The fourth-order valence-corrected chi connectivity index (χ4v) is 2.38. The van der Waals surface area contributed by atoms with E-state index in [9.17, 15) is 9.18 Å². The van der Waals surface area contributed by atoms with Gasteiger partial charge in [0.05, 0.1) is 35.4 Å². The summed E-state index contributed by atoms with van der Waals surface area (Å²) in [6, 6.07) is 11.5. The Balaban J connectivity index is 2.07. The maximum atomic E-state index is 13.9. The van der Waals surface area contributed by atoms with Gasteiger partial charge in [0.15, 0.2) is 0 Å². The summed E-state index contributed by atoms with van der Waals surface area (Å²) in [5.74, 6) is -0.504. The molecule has 22 heavy (non-hydrogen) atoms. The van der Waals surface area contributed by atoms with Gasteiger partial charge in [0, 0.05) is 5.56 Å². The number of hydrogen-bond acceptors (Lipinski definition) is 3. The first kappa shape index (κ1) is 14.0. The van der Waals surface area contributed by atoms with Gasteiger partial charge in [-0.15, -0.1) is 0 Å². The molecule has 0 amide bonds. The zero-order valence-electron chi connectivity index (χ0n) is 11.9. The third kappa shape index (κ3) is 2.35. The molecule has 0 bridgehead atoms. The Hall–Kier alpha value is -3.00. The number of nitriles is 1. The van der Waals surface area contributed by atoms with Crippen LogP contribution in [-0.4, -0.2) is 9.55 Å². The molecule has 0 radical (unpaired) electrons. The Morgan fingerprint density at radius 2 is 2.14 bits per heavy atom. The Labute approximate surface area is 126 Å². The van der Waals surface area contributed by atoms with E-state index in [1.54, 1.807) is 12.1 Å². The summed E-state index contributed by atoms with van der Waals surface area (Å²) in [5.41, 5.74) is 1.96. The molecule has 1 aromatic heterocycles. The van der Waals surface area contributed by atoms with E-state index in [2.05, 4.69) is 4.98 Å². The first-order valence-corrected chi connectivity index (χ1v) is 6.73. The molecule has 3 rings (SSSR count). The first-order chi connectivity index (χ1) is 10.6. The summed E-state index contributed by atoms with van der Waals surface area (Å²) in [4.78, 5) is 16.8. The molecule has 0 aliphatic carbocycles. The van der Waals surface area contributed by atoms with Gasteiger partial charge < -0.3 is 0 Å². The number of nitrogens with zero attached hydrogens (tertiary/aromatic N) is 3. The van der Waals surface area contributed by atoms with Crippen molar-refractivity contribution in [1.29, 1.82) is 5.26 Å². The van der Waals surface area contributed by atoms with Crippen molar-refractivity contribution in [2.24, 2.45) is 0 Å². The molecule has 0 saturated heterocycles. The van der Waals surface area contributed by atoms with Gasteiger partial charge in [-0.05, 0) is 30.7 Å². The predicted octanol–water partition coefficient (Wildman–Crippen LogP) is 2.76. The molecule has 0 N–H and O–H groups in total. The highest BCUT2D eigenvalue weighted by Gasteiger charge is 2.09. The average Bonchev–Trinajstić information content (AvgIpc) is 2.52. The molecule has 4 nitrogen and oxygen atoms in total. The Bertz CT molecular complexity index is 970. The molecule has 0 aliphatic rings. The molecule has 3 aromatic rings. The van der Waals surface area contributed by atoms with E-state index >= 15 is 0 Å². The Morgan fingerprint density at radius 1 is 1.32 bits per heavy atom. The van der Waals surface area contributed by atoms with Crippen molar-refractivity contribution >= 4 is 10.9 Å². The molecule has 0 unspecified atom stereocenters. The van der Waals surface area contributed by atoms with Gasteiger partial charge in [0.2, 0.25) is 0 Å². The maximum Gasteiger partial charge on any atom is 0.261 e. The second kappa shape index (κ2) is 5.41. The minimum Gasteiger partial charge on any atom is -0.294 e. The van der Waals surface area contributed by atoms with Gasteiger partial charge in [-0.2, -0.15) is 5.26 Å². The van der Waals surface area contributed by atoms with Crippen molar-refractivity contribution in [2.75, 3.05) is 0 Å². The SMILES string of the molecule is Cc1cccc2c(=O)n(Cc3ccc(C#N)cc3F)cnc12. The third-order valence-electron chi connectivity index (χ3n) is 3.58. The lowest BCUT2D eigenvalue weighted by Gasteiger charge is -2.08. The largest absolute Gasteiger partial charge is 0.294 e. The van der Waals surface area contributed by atoms with Crippen molar-refractivity contribution in [3.63, 3.8) is 0 Å². The van der Waals surface area contributed by atoms with Gasteiger partial charge in [-0.3, -0.25) is 9.36 Å². The van der Waals surface area contributed by atoms with E-state index in [1.165, 1.54) is 29.1 Å². The molecule has 0 atom stereocenters. The number of fused-ring (bicyclic) bond motifs is 1. The quantitative estimate of drug-likeness (QED) is 0.730. The smallest absolute Gasteiger partial charge is 0.261 e. The zero-order chi connectivity index (χ0) is 15.7. The molecular weight excluding hydrogens is 281 g/mol. The van der Waals surface area contributed by atoms with Crippen LogP contribution < -0.4 is 5.56 Å². The topological polar surface area (TPSA) is 58.7 Å². The zero-order valence-corrected chi connectivity index (χ0v) is 11.9. The monoisotopic (exact) mass is 293 g/mol. The van der Waals surface area contributed by atoms with Gasteiger partial charge >= 0.3 is 0 Å². The van der Waals surface area contributed by atoms with Gasteiger partial charge in [0.1, 0.15) is 5.82 Å². The van der Waals surface area contributed by atoms with Crippen LogP contribution in [0.25, 0.3) is 10.9 Å². The van der Waals surface area contributed by atoms with E-state index in [1.807, 2.05) is 19.1 Å². The molecule has 5 heteroatoms. The predicted molar refractivity (Wildman–Crippen MR) is 81.0 cm³/mol. The highest BCUT2D eigenvalue weighted by Crippen LogP contribution is 2.14. The summed E-state index contributed by atoms with van der Waals surface area (Å²) >= 11 is 0. The van der Waals surface area contributed by atoms with Crippen molar-refractivity contribution in [3.05, 3.63) is 75.6 Å². The highest BCUT2D eigenvalue weighted by atomic mass is 19.1. The number of hydrogen-bond donors (Lipinski definition) is 0. The summed E-state index contributed by atoms with van der Waals surface area (Å²) < 4.78 is 15.3. The normalized spacial score (nSPS) is 10.6. The lowest BCUT2D eigenvalue weighted by molar-refractivity contribution is 0.595. The Kier molecular flexibility index (Phi) is 3.43. The highest BCUT2D eigenvalue weighted by molar-refractivity contribution is 5.80. The average molecular weight is 293 g/mol. The summed E-state index contributed by atoms with van der Waals surface area (Å²) in [5, 5.41) is 9.26. The van der Waals surface area contributed by atoms with Crippen molar-refractivity contribution in [3.8, 4) is 6.07 Å². The number of benzene rings is 2. The third-order valence-corrected chi connectivity index (χ3v) is 3.58. The van der Waals surface area contributed by atoms with Gasteiger partial charge in [0.25, 0.3) is 5.56 Å². The number of para-hydroxylation sites is 1. The van der Waals surface area contributed by atoms with Crippen LogP contribution in [0.15, 0.2) is 47.5 Å². The van der Waals surface area contributed by atoms with Crippen LogP contribution in [0, 0.1) is 24.1 Å². The molecule has 0 aliphatic heterocycles. The Morgan fingerprint density at radius 3 is 2.86 bits per heavy atom.